The molecular formula is C22H25F2N3O4. The number of nitrogens with one attached hydrogen (secondary N) is 1. The van der Waals surface area contributed by atoms with Crippen molar-refractivity contribution in [2.75, 3.05) is 0 Å². The molecule has 2 atom stereocenters. The van der Waals surface area contributed by atoms with Gasteiger partial charge in [-0.2, -0.15) is 13.9 Å². The van der Waals surface area contributed by atoms with Crippen molar-refractivity contribution in [1.29, 1.82) is 0 Å². The molecule has 0 spiro atoms. The Morgan fingerprint density at radius 2 is 1.84 bits per heavy atom. The number of amides is 1. The summed E-state index contributed by atoms with van der Waals surface area (Å²) in [6, 6.07) is 9.02. The van der Waals surface area contributed by atoms with Gasteiger partial charge in [0.1, 0.15) is 11.9 Å². The van der Waals surface area contributed by atoms with Gasteiger partial charge in [0.25, 0.3) is 5.91 Å². The van der Waals surface area contributed by atoms with Gasteiger partial charge in [-0.05, 0) is 43.2 Å². The molecule has 1 amide bonds. The molecule has 0 bridgehead atoms. The molecule has 166 valence electrons. The Kier molecular flexibility index (Phi) is 6.06. The highest BCUT2D eigenvalue weighted by atomic mass is 19.3. The number of aromatic nitrogens is 2. The molecule has 3 N–H and O–H groups in total. The van der Waals surface area contributed by atoms with Crippen LogP contribution in [-0.2, 0) is 4.79 Å². The first-order valence-electron chi connectivity index (χ1n) is 9.83. The maximum absolute atomic E-state index is 13.3. The van der Waals surface area contributed by atoms with Gasteiger partial charge >= 0.3 is 5.92 Å². The fourth-order valence-electron chi connectivity index (χ4n) is 3.33. The minimum absolute atomic E-state index is 0.130. The van der Waals surface area contributed by atoms with Gasteiger partial charge in [-0.25, -0.2) is 4.68 Å². The van der Waals surface area contributed by atoms with Crippen LogP contribution in [-0.4, -0.2) is 44.0 Å². The second-order valence-corrected chi connectivity index (χ2v) is 7.90. The first kappa shape index (κ1) is 22.3. The lowest BCUT2D eigenvalue weighted by molar-refractivity contribution is -0.144. The van der Waals surface area contributed by atoms with Crippen molar-refractivity contribution < 1.29 is 28.5 Å². The fraction of sp³-hybridized carbons (Fsp3) is 0.364. The van der Waals surface area contributed by atoms with Crippen LogP contribution in [0.3, 0.4) is 0 Å². The molecule has 0 radical (unpaired) electrons. The van der Waals surface area contributed by atoms with Gasteiger partial charge in [-0.3, -0.25) is 4.79 Å². The van der Waals surface area contributed by atoms with Crippen molar-refractivity contribution in [1.82, 2.24) is 15.1 Å². The Morgan fingerprint density at radius 3 is 2.45 bits per heavy atom. The maximum Gasteiger partial charge on any atom is 0.321 e. The van der Waals surface area contributed by atoms with E-state index >= 15 is 0 Å². The van der Waals surface area contributed by atoms with E-state index in [0.717, 1.165) is 10.9 Å². The monoisotopic (exact) mass is 433 g/mol. The molecule has 0 saturated heterocycles. The number of ether oxygens (including phenoxy) is 1. The molecule has 0 fully saturated rings. The number of carbonyl (C=O) groups is 1. The van der Waals surface area contributed by atoms with E-state index in [4.69, 9.17) is 4.74 Å². The molecule has 1 aromatic heterocycles. The Labute approximate surface area is 178 Å². The van der Waals surface area contributed by atoms with Crippen LogP contribution >= 0.6 is 0 Å². The average Bonchev–Trinajstić information content (AvgIpc) is 3.10. The van der Waals surface area contributed by atoms with Gasteiger partial charge < -0.3 is 20.3 Å². The summed E-state index contributed by atoms with van der Waals surface area (Å²) in [6.45, 7) is 5.91. The molecule has 7 nitrogen and oxygen atoms in total. The molecule has 3 aromatic rings. The number of hydrogen-bond acceptors (Lipinski definition) is 5. The lowest BCUT2D eigenvalue weighted by Gasteiger charge is -2.30. The smallest absolute Gasteiger partial charge is 0.321 e. The van der Waals surface area contributed by atoms with E-state index in [0.29, 0.717) is 18.4 Å². The Morgan fingerprint density at radius 1 is 1.13 bits per heavy atom. The van der Waals surface area contributed by atoms with E-state index < -0.39 is 24.0 Å². The summed E-state index contributed by atoms with van der Waals surface area (Å²) in [7, 11) is 0. The summed E-state index contributed by atoms with van der Waals surface area (Å²) in [5, 5.41) is 26.7. The predicted molar refractivity (Wildman–Crippen MR) is 112 cm³/mol. The third-order valence-corrected chi connectivity index (χ3v) is 4.99. The number of nitrogens with zero attached hydrogens (tertiary/aromatic N) is 2. The molecule has 0 saturated carbocycles. The number of carbonyl (C=O) groups excluding carboxylic acids is 1. The highest BCUT2D eigenvalue weighted by Crippen LogP contribution is 2.29. The molecule has 0 unspecified atom stereocenters. The van der Waals surface area contributed by atoms with E-state index in [1.165, 1.54) is 12.1 Å². The van der Waals surface area contributed by atoms with Crippen LogP contribution in [0.2, 0.25) is 0 Å². The number of hydrogen-bond donors (Lipinski definition) is 3. The number of phenolic OH excluding ortho intramolecular Hbond substituents is 2. The minimum atomic E-state index is -3.47. The number of alkyl halides is 2. The summed E-state index contributed by atoms with van der Waals surface area (Å²) in [5.41, 5.74) is 1.31. The molecule has 0 aliphatic carbocycles. The largest absolute Gasteiger partial charge is 0.504 e. The topological polar surface area (TPSA) is 96.6 Å². The molecule has 1 heterocycles. The summed E-state index contributed by atoms with van der Waals surface area (Å²) in [6.07, 6.45) is 1.06. The standard InChI is InChI=1S/C22H25F2N3O4/c1-12(2)20(26-21(30)22(4,23)24)13(3)31-16-6-7-17-14(9-16)11-25-27(17)15-5-8-18(28)19(29)10-15/h5-13,20,28-29H,1-4H3,(H,26,30)/t13-,20+/m1/s1. The van der Waals surface area contributed by atoms with Gasteiger partial charge in [-0.1, -0.05) is 13.8 Å². The molecule has 0 aliphatic heterocycles. The van der Waals surface area contributed by atoms with E-state index in [1.54, 1.807) is 42.1 Å². The van der Waals surface area contributed by atoms with E-state index in [9.17, 15) is 23.8 Å². The third-order valence-electron chi connectivity index (χ3n) is 4.99. The molecule has 3 rings (SSSR count). The number of rotatable bonds is 7. The number of halogens is 2. The molecule has 31 heavy (non-hydrogen) atoms. The number of fused-ring (bicyclic) bond motifs is 1. The second kappa shape index (κ2) is 8.41. The zero-order valence-electron chi connectivity index (χ0n) is 17.6. The van der Waals surface area contributed by atoms with E-state index in [2.05, 4.69) is 10.4 Å². The van der Waals surface area contributed by atoms with Gasteiger partial charge in [0.15, 0.2) is 11.5 Å². The summed E-state index contributed by atoms with van der Waals surface area (Å²) >= 11 is 0. The van der Waals surface area contributed by atoms with Gasteiger partial charge in [0, 0.05) is 18.4 Å². The fourth-order valence-corrected chi connectivity index (χ4v) is 3.33. The lowest BCUT2D eigenvalue weighted by atomic mass is 9.99. The van der Waals surface area contributed by atoms with E-state index in [-0.39, 0.29) is 17.4 Å². The SMILES string of the molecule is CC(C)[C@H](NC(=O)C(C)(F)F)[C@@H](C)Oc1ccc2c(cnn2-c2ccc(O)c(O)c2)c1. The minimum Gasteiger partial charge on any atom is -0.504 e. The van der Waals surface area contributed by atoms with Crippen LogP contribution in [0.1, 0.15) is 27.7 Å². The zero-order chi connectivity index (χ0) is 22.9. The predicted octanol–water partition coefficient (Wildman–Crippen LogP) is 4.00. The number of aromatic hydroxyl groups is 2. The van der Waals surface area contributed by atoms with E-state index in [1.807, 2.05) is 13.8 Å². The van der Waals surface area contributed by atoms with Crippen LogP contribution in [0.5, 0.6) is 17.2 Å². The van der Waals surface area contributed by atoms with Crippen molar-refractivity contribution in [2.45, 2.75) is 45.8 Å². The van der Waals surface area contributed by atoms with Crippen molar-refractivity contribution in [3.8, 4) is 22.9 Å². The summed E-state index contributed by atoms with van der Waals surface area (Å²) in [4.78, 5) is 11.7. The average molecular weight is 433 g/mol. The normalized spacial score (nSPS) is 13.9. The molecular weight excluding hydrogens is 408 g/mol. The maximum atomic E-state index is 13.3. The van der Waals surface area contributed by atoms with Crippen molar-refractivity contribution in [2.24, 2.45) is 5.92 Å². The quantitative estimate of drug-likeness (QED) is 0.490. The lowest BCUT2D eigenvalue weighted by Crippen LogP contribution is -2.52. The van der Waals surface area contributed by atoms with Crippen LogP contribution < -0.4 is 10.1 Å². The molecule has 9 heteroatoms. The van der Waals surface area contributed by atoms with Crippen LogP contribution in [0, 0.1) is 5.92 Å². The third kappa shape index (κ3) is 4.87. The zero-order valence-corrected chi connectivity index (χ0v) is 17.6. The van der Waals surface area contributed by atoms with Crippen molar-refractivity contribution >= 4 is 16.8 Å². The number of benzene rings is 2. The van der Waals surface area contributed by atoms with Gasteiger partial charge in [0.05, 0.1) is 23.4 Å². The van der Waals surface area contributed by atoms with Crippen molar-refractivity contribution in [3.05, 3.63) is 42.6 Å². The van der Waals surface area contributed by atoms with Crippen LogP contribution in [0.4, 0.5) is 8.78 Å². The molecule has 2 aromatic carbocycles. The Bertz CT molecular complexity index is 1090. The first-order chi connectivity index (χ1) is 14.5. The van der Waals surface area contributed by atoms with Gasteiger partial charge in [-0.15, -0.1) is 0 Å². The van der Waals surface area contributed by atoms with Crippen LogP contribution in [0.15, 0.2) is 42.6 Å². The van der Waals surface area contributed by atoms with Gasteiger partial charge in [0.2, 0.25) is 0 Å². The Hall–Kier alpha value is -3.36. The highest BCUT2D eigenvalue weighted by Gasteiger charge is 2.36. The molecule has 0 aliphatic rings. The van der Waals surface area contributed by atoms with Crippen LogP contribution in [0.25, 0.3) is 16.6 Å². The first-order valence-corrected chi connectivity index (χ1v) is 9.83. The summed E-state index contributed by atoms with van der Waals surface area (Å²) in [5.74, 6) is -4.92. The number of phenols is 2. The van der Waals surface area contributed by atoms with Crippen molar-refractivity contribution in [3.63, 3.8) is 0 Å². The Balaban J connectivity index is 1.81. The highest BCUT2D eigenvalue weighted by molar-refractivity contribution is 5.83. The summed E-state index contributed by atoms with van der Waals surface area (Å²) < 4.78 is 34.1. The second-order valence-electron chi connectivity index (χ2n) is 7.90.